The quantitative estimate of drug-likeness (QED) is 0.673. The minimum atomic E-state index is -0.969. The lowest BCUT2D eigenvalue weighted by Crippen LogP contribution is -1.97. The molecule has 1 heterocycles. The van der Waals surface area contributed by atoms with Crippen LogP contribution < -0.4 is 0 Å². The van der Waals surface area contributed by atoms with E-state index in [1.54, 1.807) is 0 Å². The zero-order valence-corrected chi connectivity index (χ0v) is 7.92. The van der Waals surface area contributed by atoms with E-state index in [-0.39, 0.29) is 11.2 Å². The molecule has 0 saturated carbocycles. The second-order valence-corrected chi connectivity index (χ2v) is 3.20. The van der Waals surface area contributed by atoms with E-state index >= 15 is 0 Å². The fraction of sp³-hybridized carbons (Fsp3) is 0.0909. The number of hydrogen-bond acceptors (Lipinski definition) is 2. The summed E-state index contributed by atoms with van der Waals surface area (Å²) in [6, 6.07) is 2.39. The van der Waals surface area contributed by atoms with Crippen molar-refractivity contribution in [1.29, 1.82) is 0 Å². The van der Waals surface area contributed by atoms with Gasteiger partial charge < -0.3 is 0 Å². The highest BCUT2D eigenvalue weighted by Gasteiger charge is 2.11. The van der Waals surface area contributed by atoms with Crippen LogP contribution in [0.15, 0.2) is 24.5 Å². The van der Waals surface area contributed by atoms with E-state index < -0.39 is 11.6 Å². The zero-order valence-electron chi connectivity index (χ0n) is 7.92. The molecule has 2 nitrogen and oxygen atoms in total. The van der Waals surface area contributed by atoms with Gasteiger partial charge in [-0.3, -0.25) is 9.78 Å². The molecule has 0 radical (unpaired) electrons. The van der Waals surface area contributed by atoms with Gasteiger partial charge in [0.1, 0.15) is 0 Å². The summed E-state index contributed by atoms with van der Waals surface area (Å²) in [5, 5.41) is 0.416. The first kappa shape index (κ1) is 9.71. The van der Waals surface area contributed by atoms with Crippen LogP contribution in [0.1, 0.15) is 17.3 Å². The van der Waals surface area contributed by atoms with E-state index in [0.29, 0.717) is 10.9 Å². The number of carbonyl (C=O) groups excluding carboxylic acids is 1. The fourth-order valence-electron chi connectivity index (χ4n) is 1.46. The van der Waals surface area contributed by atoms with Crippen molar-refractivity contribution >= 4 is 16.6 Å². The van der Waals surface area contributed by atoms with Crippen LogP contribution >= 0.6 is 0 Å². The maximum absolute atomic E-state index is 13.3. The molecule has 1 aromatic heterocycles. The molecule has 76 valence electrons. The van der Waals surface area contributed by atoms with Crippen LogP contribution in [0.25, 0.3) is 10.8 Å². The van der Waals surface area contributed by atoms with Gasteiger partial charge in [-0.1, -0.05) is 6.07 Å². The molecule has 2 rings (SSSR count). The number of hydrogen-bond donors (Lipinski definition) is 0. The number of nitrogens with zero attached hydrogens (tertiary/aromatic N) is 1. The van der Waals surface area contributed by atoms with Gasteiger partial charge in [-0.25, -0.2) is 8.78 Å². The van der Waals surface area contributed by atoms with Crippen LogP contribution in [0.5, 0.6) is 0 Å². The Morgan fingerprint density at radius 1 is 1.20 bits per heavy atom. The van der Waals surface area contributed by atoms with E-state index in [2.05, 4.69) is 4.98 Å². The summed E-state index contributed by atoms with van der Waals surface area (Å²) >= 11 is 0. The molecule has 4 heteroatoms. The van der Waals surface area contributed by atoms with Crippen molar-refractivity contribution in [2.75, 3.05) is 0 Å². The molecule has 0 aliphatic rings. The zero-order chi connectivity index (χ0) is 11.0. The molecule has 0 spiro atoms. The SMILES string of the molecule is CC(=O)c1cncc2c(F)c(F)ccc12. The number of rotatable bonds is 1. The molecule has 0 bridgehead atoms. The number of carbonyl (C=O) groups is 1. The van der Waals surface area contributed by atoms with Gasteiger partial charge in [-0.15, -0.1) is 0 Å². The van der Waals surface area contributed by atoms with Crippen molar-refractivity contribution in [3.63, 3.8) is 0 Å². The Morgan fingerprint density at radius 3 is 2.60 bits per heavy atom. The maximum atomic E-state index is 13.3. The van der Waals surface area contributed by atoms with Crippen molar-refractivity contribution in [2.45, 2.75) is 6.92 Å². The second kappa shape index (κ2) is 3.38. The Kier molecular flexibility index (Phi) is 2.19. The van der Waals surface area contributed by atoms with Crippen molar-refractivity contribution in [2.24, 2.45) is 0 Å². The van der Waals surface area contributed by atoms with E-state index in [0.717, 1.165) is 6.07 Å². The van der Waals surface area contributed by atoms with Gasteiger partial charge >= 0.3 is 0 Å². The summed E-state index contributed by atoms with van der Waals surface area (Å²) < 4.78 is 26.2. The molecule has 1 aromatic carbocycles. The van der Waals surface area contributed by atoms with Gasteiger partial charge in [-0.05, 0) is 18.4 Å². The Hall–Kier alpha value is -1.84. The normalized spacial score (nSPS) is 10.6. The standard InChI is InChI=1S/C11H7F2NO/c1-6(15)8-4-14-5-9-7(8)2-3-10(12)11(9)13/h2-5H,1H3. The first-order valence-electron chi connectivity index (χ1n) is 4.34. The lowest BCUT2D eigenvalue weighted by molar-refractivity contribution is 0.101. The van der Waals surface area contributed by atoms with Gasteiger partial charge in [0.25, 0.3) is 0 Å². The smallest absolute Gasteiger partial charge is 0.168 e. The number of aromatic nitrogens is 1. The lowest BCUT2D eigenvalue weighted by Gasteiger charge is -2.03. The summed E-state index contributed by atoms with van der Waals surface area (Å²) in [6.07, 6.45) is 2.56. The number of ketones is 1. The lowest BCUT2D eigenvalue weighted by atomic mass is 10.1. The fourth-order valence-corrected chi connectivity index (χ4v) is 1.46. The Balaban J connectivity index is 2.89. The van der Waals surface area contributed by atoms with Crippen molar-refractivity contribution in [3.8, 4) is 0 Å². The van der Waals surface area contributed by atoms with Crippen LogP contribution in [-0.2, 0) is 0 Å². The molecule has 0 atom stereocenters. The van der Waals surface area contributed by atoms with Gasteiger partial charge in [0.15, 0.2) is 17.4 Å². The number of fused-ring (bicyclic) bond motifs is 1. The molecule has 15 heavy (non-hydrogen) atoms. The van der Waals surface area contributed by atoms with Gasteiger partial charge in [0.05, 0.1) is 0 Å². The Labute approximate surface area is 84.6 Å². The van der Waals surface area contributed by atoms with Crippen LogP contribution in [0.4, 0.5) is 8.78 Å². The average Bonchev–Trinajstić information content (AvgIpc) is 2.23. The Bertz CT molecular complexity index is 552. The molecule has 2 aromatic rings. The van der Waals surface area contributed by atoms with Gasteiger partial charge in [-0.2, -0.15) is 0 Å². The molecular formula is C11H7F2NO. The van der Waals surface area contributed by atoms with E-state index in [4.69, 9.17) is 0 Å². The summed E-state index contributed by atoms with van der Waals surface area (Å²) in [7, 11) is 0. The highest BCUT2D eigenvalue weighted by molar-refractivity contribution is 6.06. The Morgan fingerprint density at radius 2 is 1.93 bits per heavy atom. The molecule has 0 saturated heterocycles. The number of halogens is 2. The summed E-state index contributed by atoms with van der Waals surface area (Å²) in [5.74, 6) is -2.13. The van der Waals surface area contributed by atoms with Gasteiger partial charge in [0, 0.05) is 23.3 Å². The van der Waals surface area contributed by atoms with Crippen molar-refractivity contribution in [1.82, 2.24) is 4.98 Å². The second-order valence-electron chi connectivity index (χ2n) is 3.20. The van der Waals surface area contributed by atoms with Crippen molar-refractivity contribution < 1.29 is 13.6 Å². The van der Waals surface area contributed by atoms with E-state index in [1.165, 1.54) is 25.4 Å². The first-order valence-corrected chi connectivity index (χ1v) is 4.34. The molecule has 0 N–H and O–H groups in total. The first-order chi connectivity index (χ1) is 7.11. The topological polar surface area (TPSA) is 30.0 Å². The largest absolute Gasteiger partial charge is 0.294 e. The summed E-state index contributed by atoms with van der Waals surface area (Å²) in [4.78, 5) is 14.9. The molecule has 0 amide bonds. The van der Waals surface area contributed by atoms with Crippen LogP contribution in [0, 0.1) is 11.6 Å². The van der Waals surface area contributed by atoms with E-state index in [1.807, 2.05) is 0 Å². The van der Waals surface area contributed by atoms with E-state index in [9.17, 15) is 13.6 Å². The minimum Gasteiger partial charge on any atom is -0.294 e. The number of Topliss-reactive ketones (excluding diaryl/α,β-unsaturated/α-hetero) is 1. The van der Waals surface area contributed by atoms with Crippen LogP contribution in [-0.4, -0.2) is 10.8 Å². The highest BCUT2D eigenvalue weighted by atomic mass is 19.2. The van der Waals surface area contributed by atoms with Crippen molar-refractivity contribution in [3.05, 3.63) is 41.7 Å². The summed E-state index contributed by atoms with van der Waals surface area (Å²) in [5.41, 5.74) is 0.298. The molecular weight excluding hydrogens is 200 g/mol. The average molecular weight is 207 g/mol. The molecule has 0 unspecified atom stereocenters. The highest BCUT2D eigenvalue weighted by Crippen LogP contribution is 2.22. The minimum absolute atomic E-state index is 0.0303. The number of pyridine rings is 1. The van der Waals surface area contributed by atoms with Crippen LogP contribution in [0.3, 0.4) is 0 Å². The third kappa shape index (κ3) is 1.48. The molecule has 0 aliphatic heterocycles. The third-order valence-corrected chi connectivity index (χ3v) is 2.21. The maximum Gasteiger partial charge on any atom is 0.168 e. The third-order valence-electron chi connectivity index (χ3n) is 2.21. The van der Waals surface area contributed by atoms with Crippen LogP contribution in [0.2, 0.25) is 0 Å². The molecule has 0 fully saturated rings. The number of benzene rings is 1. The van der Waals surface area contributed by atoms with Gasteiger partial charge in [0.2, 0.25) is 0 Å². The molecule has 0 aliphatic carbocycles. The summed E-state index contributed by atoms with van der Waals surface area (Å²) in [6.45, 7) is 1.36. The predicted octanol–water partition coefficient (Wildman–Crippen LogP) is 2.72. The monoisotopic (exact) mass is 207 g/mol. The predicted molar refractivity (Wildman–Crippen MR) is 51.7 cm³/mol.